The zero-order valence-electron chi connectivity index (χ0n) is 14.6. The van der Waals surface area contributed by atoms with E-state index in [0.29, 0.717) is 19.1 Å². The third-order valence-corrected chi connectivity index (χ3v) is 6.16. The van der Waals surface area contributed by atoms with Gasteiger partial charge in [-0.2, -0.15) is 5.10 Å². The lowest BCUT2D eigenvalue weighted by atomic mass is 9.76. The van der Waals surface area contributed by atoms with E-state index in [4.69, 9.17) is 4.74 Å². The third kappa shape index (κ3) is 2.97. The number of rotatable bonds is 3. The molecule has 1 spiro atoms. The van der Waals surface area contributed by atoms with E-state index in [2.05, 4.69) is 16.2 Å². The minimum atomic E-state index is 0.206. The summed E-state index contributed by atoms with van der Waals surface area (Å²) < 4.78 is 7.27. The van der Waals surface area contributed by atoms with Crippen molar-refractivity contribution in [3.8, 4) is 0 Å². The molecular formula is C18H28N4O2. The highest BCUT2D eigenvalue weighted by atomic mass is 16.5. The van der Waals surface area contributed by atoms with Gasteiger partial charge < -0.3 is 9.64 Å². The Balaban J connectivity index is 1.43. The Morgan fingerprint density at radius 2 is 2.17 bits per heavy atom. The number of aryl methyl sites for hydroxylation is 1. The summed E-state index contributed by atoms with van der Waals surface area (Å²) in [5, 5.41) is 4.27. The van der Waals surface area contributed by atoms with Crippen LogP contribution in [0.5, 0.6) is 0 Å². The lowest BCUT2D eigenvalue weighted by Gasteiger charge is -2.36. The molecule has 0 aromatic carbocycles. The summed E-state index contributed by atoms with van der Waals surface area (Å²) in [7, 11) is 1.96. The summed E-state index contributed by atoms with van der Waals surface area (Å²) in [5.74, 6) is 0.605. The van der Waals surface area contributed by atoms with Crippen molar-refractivity contribution in [3.63, 3.8) is 0 Å². The zero-order valence-corrected chi connectivity index (χ0v) is 14.6. The molecule has 1 aromatic heterocycles. The highest BCUT2D eigenvalue weighted by Gasteiger charge is 2.51. The monoisotopic (exact) mass is 332 g/mol. The van der Waals surface area contributed by atoms with Crippen molar-refractivity contribution in [2.75, 3.05) is 39.4 Å². The molecule has 2 saturated heterocycles. The molecule has 0 radical (unpaired) electrons. The molecule has 24 heavy (non-hydrogen) atoms. The Hall–Kier alpha value is -1.40. The van der Waals surface area contributed by atoms with Crippen LogP contribution in [0, 0.1) is 11.3 Å². The summed E-state index contributed by atoms with van der Waals surface area (Å²) in [6, 6.07) is 0. The van der Waals surface area contributed by atoms with Crippen LogP contribution >= 0.6 is 0 Å². The van der Waals surface area contributed by atoms with Crippen LogP contribution in [0.3, 0.4) is 0 Å². The largest absolute Gasteiger partial charge is 0.378 e. The number of carbonyl (C=O) groups is 1. The van der Waals surface area contributed by atoms with Crippen LogP contribution in [0.2, 0.25) is 0 Å². The predicted octanol–water partition coefficient (Wildman–Crippen LogP) is 1.27. The van der Waals surface area contributed by atoms with Crippen LogP contribution in [0.15, 0.2) is 12.4 Å². The summed E-state index contributed by atoms with van der Waals surface area (Å²) in [6.07, 6.45) is 8.68. The van der Waals surface area contributed by atoms with Gasteiger partial charge in [0, 0.05) is 50.9 Å². The molecule has 1 amide bonds. The number of hydrogen-bond acceptors (Lipinski definition) is 4. The number of ether oxygens (including phenoxy) is 1. The molecule has 0 bridgehead atoms. The molecule has 132 valence electrons. The summed E-state index contributed by atoms with van der Waals surface area (Å²) in [4.78, 5) is 17.6. The van der Waals surface area contributed by atoms with Crippen LogP contribution in [0.1, 0.15) is 31.2 Å². The second-order valence-electron chi connectivity index (χ2n) is 7.73. The lowest BCUT2D eigenvalue weighted by molar-refractivity contribution is -0.143. The fourth-order valence-electron chi connectivity index (χ4n) is 4.95. The maximum Gasteiger partial charge on any atom is 0.226 e. The van der Waals surface area contributed by atoms with Crippen molar-refractivity contribution >= 4 is 5.91 Å². The number of morpholine rings is 1. The molecule has 3 fully saturated rings. The number of amides is 1. The van der Waals surface area contributed by atoms with Crippen molar-refractivity contribution < 1.29 is 9.53 Å². The van der Waals surface area contributed by atoms with Crippen molar-refractivity contribution in [1.29, 1.82) is 0 Å². The minimum absolute atomic E-state index is 0.206. The van der Waals surface area contributed by atoms with Crippen molar-refractivity contribution in [2.24, 2.45) is 18.4 Å². The fourth-order valence-corrected chi connectivity index (χ4v) is 4.95. The van der Waals surface area contributed by atoms with E-state index in [-0.39, 0.29) is 11.3 Å². The number of nitrogens with zero attached hydrogens (tertiary/aromatic N) is 4. The summed E-state index contributed by atoms with van der Waals surface area (Å²) in [6.45, 7) is 6.03. The highest BCUT2D eigenvalue weighted by Crippen LogP contribution is 2.50. The summed E-state index contributed by atoms with van der Waals surface area (Å²) >= 11 is 0. The van der Waals surface area contributed by atoms with Crippen molar-refractivity contribution in [1.82, 2.24) is 19.6 Å². The van der Waals surface area contributed by atoms with Gasteiger partial charge in [0.1, 0.15) is 0 Å². The number of aromatic nitrogens is 2. The smallest absolute Gasteiger partial charge is 0.226 e. The van der Waals surface area contributed by atoms with Gasteiger partial charge in [0.05, 0.1) is 19.4 Å². The molecular weight excluding hydrogens is 304 g/mol. The first kappa shape index (κ1) is 16.1. The van der Waals surface area contributed by atoms with Gasteiger partial charge in [0.2, 0.25) is 5.91 Å². The first-order chi connectivity index (χ1) is 11.7. The van der Waals surface area contributed by atoms with E-state index in [1.54, 1.807) is 0 Å². The van der Waals surface area contributed by atoms with E-state index >= 15 is 0 Å². The second-order valence-corrected chi connectivity index (χ2v) is 7.73. The Morgan fingerprint density at radius 1 is 1.33 bits per heavy atom. The standard InChI is InChI=1S/C18H28N4O2/c1-20-12-15(11-19-20)13-21-6-5-18(14-21)4-2-3-16(18)17(23)22-7-9-24-10-8-22/h11-12,16H,2-10,13-14H2,1H3/t16-,18-/m1/s1. The molecule has 0 N–H and O–H groups in total. The van der Waals surface area contributed by atoms with Gasteiger partial charge in [-0.3, -0.25) is 14.4 Å². The maximum atomic E-state index is 13.1. The van der Waals surface area contributed by atoms with E-state index in [1.807, 2.05) is 22.8 Å². The normalized spacial score (nSPS) is 31.2. The molecule has 6 heteroatoms. The van der Waals surface area contributed by atoms with E-state index in [9.17, 15) is 4.79 Å². The van der Waals surface area contributed by atoms with Gasteiger partial charge in [-0.15, -0.1) is 0 Å². The van der Waals surface area contributed by atoms with Crippen LogP contribution in [0.25, 0.3) is 0 Å². The highest BCUT2D eigenvalue weighted by molar-refractivity contribution is 5.80. The Kier molecular flexibility index (Phi) is 4.35. The molecule has 4 rings (SSSR count). The molecule has 2 aliphatic heterocycles. The molecule has 1 aliphatic carbocycles. The number of carbonyl (C=O) groups excluding carboxylic acids is 1. The number of hydrogen-bond donors (Lipinski definition) is 0. The Bertz CT molecular complexity index is 596. The van der Waals surface area contributed by atoms with E-state index in [0.717, 1.165) is 45.6 Å². The van der Waals surface area contributed by atoms with Crippen molar-refractivity contribution in [3.05, 3.63) is 18.0 Å². The molecule has 2 atom stereocenters. The molecule has 6 nitrogen and oxygen atoms in total. The van der Waals surface area contributed by atoms with Gasteiger partial charge in [-0.25, -0.2) is 0 Å². The van der Waals surface area contributed by atoms with Gasteiger partial charge in [0.25, 0.3) is 0 Å². The van der Waals surface area contributed by atoms with Gasteiger partial charge >= 0.3 is 0 Å². The summed E-state index contributed by atoms with van der Waals surface area (Å²) in [5.41, 5.74) is 1.47. The third-order valence-electron chi connectivity index (χ3n) is 6.16. The second kappa shape index (κ2) is 6.48. The minimum Gasteiger partial charge on any atom is -0.378 e. The van der Waals surface area contributed by atoms with Gasteiger partial charge in [0.15, 0.2) is 0 Å². The lowest BCUT2D eigenvalue weighted by Crippen LogP contribution is -2.47. The van der Waals surface area contributed by atoms with Crippen LogP contribution in [-0.2, 0) is 23.1 Å². The van der Waals surface area contributed by atoms with Crippen LogP contribution in [0.4, 0.5) is 0 Å². The Labute approximate surface area is 143 Å². The van der Waals surface area contributed by atoms with Gasteiger partial charge in [-0.1, -0.05) is 6.42 Å². The predicted molar refractivity (Wildman–Crippen MR) is 90.3 cm³/mol. The van der Waals surface area contributed by atoms with Gasteiger partial charge in [-0.05, 0) is 31.2 Å². The average Bonchev–Trinajstić information content (AvgIpc) is 3.30. The Morgan fingerprint density at radius 3 is 2.92 bits per heavy atom. The SMILES string of the molecule is Cn1cc(CN2CC[C@]3(CCC[C@@H]3C(=O)N3CCOCC3)C2)cn1. The average molecular weight is 332 g/mol. The fraction of sp³-hybridized carbons (Fsp3) is 0.778. The molecule has 3 aliphatic rings. The zero-order chi connectivity index (χ0) is 16.6. The molecule has 1 aromatic rings. The number of likely N-dealkylation sites (tertiary alicyclic amines) is 1. The molecule has 3 heterocycles. The van der Waals surface area contributed by atoms with Crippen LogP contribution in [-0.4, -0.2) is 64.9 Å². The maximum absolute atomic E-state index is 13.1. The van der Waals surface area contributed by atoms with Crippen LogP contribution < -0.4 is 0 Å². The van der Waals surface area contributed by atoms with E-state index < -0.39 is 0 Å². The van der Waals surface area contributed by atoms with Crippen molar-refractivity contribution in [2.45, 2.75) is 32.2 Å². The first-order valence-electron chi connectivity index (χ1n) is 9.23. The molecule has 1 saturated carbocycles. The quantitative estimate of drug-likeness (QED) is 0.836. The first-order valence-corrected chi connectivity index (χ1v) is 9.23. The molecule has 0 unspecified atom stereocenters. The topological polar surface area (TPSA) is 50.6 Å². The van der Waals surface area contributed by atoms with E-state index in [1.165, 1.54) is 18.4 Å².